The van der Waals surface area contributed by atoms with E-state index in [4.69, 9.17) is 15.5 Å². The van der Waals surface area contributed by atoms with Crippen molar-refractivity contribution in [2.45, 2.75) is 51.0 Å². The molecular formula is C20H28NO4PS. The molecule has 0 bridgehead atoms. The third-order valence-corrected chi connectivity index (χ3v) is 6.56. The Morgan fingerprint density at radius 1 is 1.11 bits per heavy atom. The molecule has 4 N–H and O–H groups in total. The Bertz CT molecular complexity index is 782. The third-order valence-electron chi connectivity index (χ3n) is 4.57. The van der Waals surface area contributed by atoms with Gasteiger partial charge in [0.05, 0.1) is 11.0 Å². The molecule has 5 nitrogen and oxygen atoms in total. The van der Waals surface area contributed by atoms with Crippen LogP contribution in [0.25, 0.3) is 0 Å². The normalized spacial score (nSPS) is 14.1. The van der Waals surface area contributed by atoms with Crippen LogP contribution in [0, 0.1) is 0 Å². The Hall–Kier alpha value is -1.30. The summed E-state index contributed by atoms with van der Waals surface area (Å²) in [6.07, 6.45) is 3.66. The van der Waals surface area contributed by atoms with E-state index < -0.39 is 13.1 Å². The molecule has 0 saturated carbocycles. The molecule has 0 aliphatic heterocycles. The zero-order chi connectivity index (χ0) is 19.9. The van der Waals surface area contributed by atoms with Crippen LogP contribution in [-0.4, -0.2) is 27.3 Å². The summed E-state index contributed by atoms with van der Waals surface area (Å²) >= 11 is 1.49. The first-order valence-electron chi connectivity index (χ1n) is 9.14. The maximum Gasteiger partial charge on any atom is 0.325 e. The van der Waals surface area contributed by atoms with Crippen molar-refractivity contribution in [3.8, 4) is 0 Å². The van der Waals surface area contributed by atoms with Crippen molar-refractivity contribution in [2.24, 2.45) is 5.73 Å². The molecule has 0 radical (unpaired) electrons. The number of aryl methyl sites for hydroxylation is 2. The van der Waals surface area contributed by atoms with Crippen molar-refractivity contribution in [1.82, 2.24) is 0 Å². The molecule has 2 aromatic rings. The summed E-state index contributed by atoms with van der Waals surface area (Å²) in [6.45, 7) is 1.81. The molecular weight excluding hydrogens is 381 g/mol. The Balaban J connectivity index is 1.78. The summed E-state index contributed by atoms with van der Waals surface area (Å²) in [4.78, 5) is 32.2. The predicted molar refractivity (Wildman–Crippen MR) is 110 cm³/mol. The summed E-state index contributed by atoms with van der Waals surface area (Å²) in [7, 11) is -4.02. The molecule has 0 aliphatic carbocycles. The van der Waals surface area contributed by atoms with Gasteiger partial charge in [-0.15, -0.1) is 11.3 Å². The number of Topliss-reactive ketones (excluding diaryl/α,β-unsaturated/α-hetero) is 1. The van der Waals surface area contributed by atoms with Crippen LogP contribution in [0.3, 0.4) is 0 Å². The quantitative estimate of drug-likeness (QED) is 0.382. The largest absolute Gasteiger partial charge is 0.325 e. The molecule has 1 aromatic heterocycles. The number of hydrogen-bond donors (Lipinski definition) is 3. The monoisotopic (exact) mass is 409 g/mol. The molecule has 0 aliphatic rings. The molecule has 7 heteroatoms. The second-order valence-electron chi connectivity index (χ2n) is 7.32. The summed E-state index contributed by atoms with van der Waals surface area (Å²) in [5, 5.41) is 0. The molecule has 1 aromatic carbocycles. The second kappa shape index (κ2) is 9.76. The Morgan fingerprint density at radius 2 is 1.81 bits per heavy atom. The smallest absolute Gasteiger partial charge is 0.325 e. The summed E-state index contributed by atoms with van der Waals surface area (Å²) < 4.78 is 11.0. The highest BCUT2D eigenvalue weighted by Gasteiger charge is 2.24. The van der Waals surface area contributed by atoms with E-state index in [0.717, 1.165) is 22.6 Å². The lowest BCUT2D eigenvalue weighted by Gasteiger charge is -2.24. The molecule has 0 amide bonds. The second-order valence-corrected chi connectivity index (χ2v) is 10.3. The van der Waals surface area contributed by atoms with Crippen LogP contribution in [0.5, 0.6) is 0 Å². The van der Waals surface area contributed by atoms with Crippen LogP contribution < -0.4 is 5.73 Å². The van der Waals surface area contributed by atoms with Crippen LogP contribution in [-0.2, 0) is 17.4 Å². The molecule has 1 heterocycles. The molecule has 2 rings (SSSR count). The van der Waals surface area contributed by atoms with Gasteiger partial charge in [-0.05, 0) is 56.7 Å². The van der Waals surface area contributed by atoms with Gasteiger partial charge in [0.15, 0.2) is 5.78 Å². The number of rotatable bonds is 11. The Kier molecular flexibility index (Phi) is 7.95. The van der Waals surface area contributed by atoms with Crippen LogP contribution in [0.4, 0.5) is 0 Å². The molecule has 148 valence electrons. The first-order chi connectivity index (χ1) is 12.6. The predicted octanol–water partition coefficient (Wildman–Crippen LogP) is 4.17. The highest BCUT2D eigenvalue weighted by molar-refractivity contribution is 7.51. The number of carbonyl (C=O) groups excluding carboxylic acids is 1. The fourth-order valence-electron chi connectivity index (χ4n) is 2.82. The first-order valence-corrected chi connectivity index (χ1v) is 11.8. The van der Waals surface area contributed by atoms with E-state index in [1.165, 1.54) is 16.9 Å². The average Bonchev–Trinajstić information content (AvgIpc) is 3.08. The van der Waals surface area contributed by atoms with Crippen LogP contribution in [0.15, 0.2) is 42.5 Å². The molecule has 0 saturated heterocycles. The van der Waals surface area contributed by atoms with E-state index >= 15 is 0 Å². The summed E-state index contributed by atoms with van der Waals surface area (Å²) in [5.41, 5.74) is 6.76. The zero-order valence-electron chi connectivity index (χ0n) is 15.6. The minimum Gasteiger partial charge on any atom is -0.325 e. The molecule has 0 spiro atoms. The fourth-order valence-corrected chi connectivity index (χ4v) is 4.59. The maximum absolute atomic E-state index is 12.4. The van der Waals surface area contributed by atoms with Gasteiger partial charge in [0.2, 0.25) is 0 Å². The zero-order valence-corrected chi connectivity index (χ0v) is 17.3. The SMILES string of the molecule is CC(N)(CCc1ccc(C(=O)CCCc2ccccc2)s1)CCP(=O)(O)O. The van der Waals surface area contributed by atoms with Crippen molar-refractivity contribution in [1.29, 1.82) is 0 Å². The van der Waals surface area contributed by atoms with E-state index in [2.05, 4.69) is 12.1 Å². The average molecular weight is 409 g/mol. The van der Waals surface area contributed by atoms with Gasteiger partial charge in [0.1, 0.15) is 0 Å². The maximum atomic E-state index is 12.4. The fraction of sp³-hybridized carbons (Fsp3) is 0.450. The number of benzene rings is 1. The van der Waals surface area contributed by atoms with Gasteiger partial charge in [0, 0.05) is 16.8 Å². The number of hydrogen-bond acceptors (Lipinski definition) is 4. The van der Waals surface area contributed by atoms with Crippen LogP contribution in [0.1, 0.15) is 52.7 Å². The summed E-state index contributed by atoms with van der Waals surface area (Å²) in [6, 6.07) is 14.0. The van der Waals surface area contributed by atoms with Crippen molar-refractivity contribution in [3.05, 3.63) is 57.8 Å². The van der Waals surface area contributed by atoms with E-state index in [-0.39, 0.29) is 18.4 Å². The van der Waals surface area contributed by atoms with Gasteiger partial charge < -0.3 is 15.5 Å². The molecule has 1 atom stereocenters. The van der Waals surface area contributed by atoms with Crippen molar-refractivity contribution >= 4 is 24.7 Å². The lowest BCUT2D eigenvalue weighted by molar-refractivity contribution is 0.0984. The molecule has 0 fully saturated rings. The van der Waals surface area contributed by atoms with Gasteiger partial charge >= 0.3 is 7.60 Å². The lowest BCUT2D eigenvalue weighted by atomic mass is 9.94. The molecule has 1 unspecified atom stereocenters. The lowest BCUT2D eigenvalue weighted by Crippen LogP contribution is -2.37. The topological polar surface area (TPSA) is 101 Å². The van der Waals surface area contributed by atoms with E-state index in [1.54, 1.807) is 0 Å². The van der Waals surface area contributed by atoms with Gasteiger partial charge in [-0.25, -0.2) is 0 Å². The van der Waals surface area contributed by atoms with Crippen molar-refractivity contribution in [2.75, 3.05) is 6.16 Å². The summed E-state index contributed by atoms with van der Waals surface area (Å²) in [5.74, 6) is 0.166. The van der Waals surface area contributed by atoms with Crippen molar-refractivity contribution in [3.63, 3.8) is 0 Å². The van der Waals surface area contributed by atoms with E-state index in [0.29, 0.717) is 19.3 Å². The Morgan fingerprint density at radius 3 is 2.48 bits per heavy atom. The standard InChI is InChI=1S/C20H28NO4PS/c1-20(21,14-15-26(23,24)25)13-12-17-10-11-19(27-17)18(22)9-5-8-16-6-3-2-4-7-16/h2-4,6-7,10-11H,5,8-9,12-15,21H2,1H3,(H2,23,24,25). The number of nitrogens with two attached hydrogens (primary N) is 1. The highest BCUT2D eigenvalue weighted by atomic mass is 32.1. The number of thiophene rings is 1. The Labute approximate surface area is 164 Å². The number of carbonyl (C=O) groups is 1. The number of ketones is 1. The molecule has 27 heavy (non-hydrogen) atoms. The first kappa shape index (κ1) is 22.0. The highest BCUT2D eigenvalue weighted by Crippen LogP contribution is 2.37. The minimum atomic E-state index is -4.02. The van der Waals surface area contributed by atoms with Gasteiger partial charge in [0.25, 0.3) is 0 Å². The van der Waals surface area contributed by atoms with E-state index in [9.17, 15) is 9.36 Å². The third kappa shape index (κ3) is 8.50. The van der Waals surface area contributed by atoms with Gasteiger partial charge in [-0.3, -0.25) is 9.36 Å². The van der Waals surface area contributed by atoms with Crippen LogP contribution >= 0.6 is 18.9 Å². The van der Waals surface area contributed by atoms with Gasteiger partial charge in [-0.1, -0.05) is 30.3 Å². The van der Waals surface area contributed by atoms with Crippen molar-refractivity contribution < 1.29 is 19.1 Å². The van der Waals surface area contributed by atoms with E-state index in [1.807, 2.05) is 37.3 Å². The minimum absolute atomic E-state index is 0.166. The van der Waals surface area contributed by atoms with Crippen LogP contribution in [0.2, 0.25) is 0 Å². The van der Waals surface area contributed by atoms with Gasteiger partial charge in [-0.2, -0.15) is 0 Å².